The van der Waals surface area contributed by atoms with Gasteiger partial charge in [0.2, 0.25) is 0 Å². The van der Waals surface area contributed by atoms with E-state index in [9.17, 15) is 14.0 Å². The summed E-state index contributed by atoms with van der Waals surface area (Å²) in [6.07, 6.45) is 1.29. The lowest BCUT2D eigenvalue weighted by molar-refractivity contribution is -0.115. The standard InChI is InChI=1S/C18H14FN3O3/c19-16-7-2-1-5-13(16)11-25-15-6-3-4-12(9-15)8-14(10-20)17(23)22-18(21)24/h1-9H,11H2,(H3,21,22,23,24)/b14-8-. The predicted molar refractivity (Wildman–Crippen MR) is 88.5 cm³/mol. The maximum absolute atomic E-state index is 13.6. The molecule has 7 heteroatoms. The van der Waals surface area contributed by atoms with E-state index in [-0.39, 0.29) is 18.0 Å². The lowest BCUT2D eigenvalue weighted by Gasteiger charge is -2.08. The zero-order valence-corrected chi connectivity index (χ0v) is 13.0. The number of imide groups is 1. The number of carbonyl (C=O) groups is 2. The van der Waals surface area contributed by atoms with Crippen LogP contribution in [0.4, 0.5) is 9.18 Å². The van der Waals surface area contributed by atoms with E-state index in [1.54, 1.807) is 48.5 Å². The monoisotopic (exact) mass is 339 g/mol. The van der Waals surface area contributed by atoms with E-state index in [0.717, 1.165) is 0 Å². The van der Waals surface area contributed by atoms with Gasteiger partial charge in [-0.1, -0.05) is 30.3 Å². The largest absolute Gasteiger partial charge is 0.489 e. The van der Waals surface area contributed by atoms with Crippen LogP contribution in [0.1, 0.15) is 11.1 Å². The molecule has 0 aliphatic rings. The van der Waals surface area contributed by atoms with E-state index in [1.165, 1.54) is 12.1 Å². The topological polar surface area (TPSA) is 105 Å². The average molecular weight is 339 g/mol. The summed E-state index contributed by atoms with van der Waals surface area (Å²) >= 11 is 0. The molecule has 0 aliphatic heterocycles. The van der Waals surface area contributed by atoms with Crippen molar-refractivity contribution in [1.29, 1.82) is 5.26 Å². The first kappa shape index (κ1) is 17.7. The molecule has 2 rings (SSSR count). The van der Waals surface area contributed by atoms with E-state index in [4.69, 9.17) is 15.7 Å². The molecule has 0 aromatic heterocycles. The normalized spacial score (nSPS) is 10.6. The van der Waals surface area contributed by atoms with Gasteiger partial charge >= 0.3 is 6.03 Å². The van der Waals surface area contributed by atoms with Gasteiger partial charge < -0.3 is 10.5 Å². The second-order valence-electron chi connectivity index (χ2n) is 4.94. The van der Waals surface area contributed by atoms with Crippen molar-refractivity contribution in [2.45, 2.75) is 6.61 Å². The van der Waals surface area contributed by atoms with Crippen molar-refractivity contribution in [3.05, 3.63) is 71.0 Å². The molecule has 2 aromatic carbocycles. The maximum Gasteiger partial charge on any atom is 0.319 e. The summed E-state index contributed by atoms with van der Waals surface area (Å²) in [6.45, 7) is 0.0348. The second-order valence-corrected chi connectivity index (χ2v) is 4.94. The Balaban J connectivity index is 2.14. The Bertz CT molecular complexity index is 872. The Labute approximate surface area is 143 Å². The lowest BCUT2D eigenvalue weighted by atomic mass is 10.1. The molecule has 2 aromatic rings. The lowest BCUT2D eigenvalue weighted by Crippen LogP contribution is -2.35. The smallest absolute Gasteiger partial charge is 0.319 e. The number of primary amides is 1. The molecule has 0 saturated carbocycles. The molecule has 3 N–H and O–H groups in total. The first-order valence-electron chi connectivity index (χ1n) is 7.18. The summed E-state index contributed by atoms with van der Waals surface area (Å²) in [5.74, 6) is -0.828. The Hall–Kier alpha value is -3.66. The van der Waals surface area contributed by atoms with E-state index in [0.29, 0.717) is 16.9 Å². The second kappa shape index (κ2) is 8.26. The fourth-order valence-electron chi connectivity index (χ4n) is 1.97. The molecule has 6 nitrogen and oxygen atoms in total. The highest BCUT2D eigenvalue weighted by molar-refractivity contribution is 6.08. The van der Waals surface area contributed by atoms with Crippen LogP contribution in [-0.2, 0) is 11.4 Å². The first-order valence-corrected chi connectivity index (χ1v) is 7.18. The van der Waals surface area contributed by atoms with E-state index < -0.39 is 11.9 Å². The van der Waals surface area contributed by atoms with Gasteiger partial charge in [0.25, 0.3) is 5.91 Å². The van der Waals surface area contributed by atoms with Crippen LogP contribution in [-0.4, -0.2) is 11.9 Å². The number of ether oxygens (including phenoxy) is 1. The Morgan fingerprint density at radius 2 is 2.00 bits per heavy atom. The van der Waals surface area contributed by atoms with Gasteiger partial charge in [0.1, 0.15) is 29.8 Å². The van der Waals surface area contributed by atoms with Crippen molar-refractivity contribution in [2.75, 3.05) is 0 Å². The van der Waals surface area contributed by atoms with E-state index in [1.807, 2.05) is 5.32 Å². The number of nitrogens with two attached hydrogens (primary N) is 1. The number of amides is 3. The zero-order chi connectivity index (χ0) is 18.2. The third kappa shape index (κ3) is 5.18. The summed E-state index contributed by atoms with van der Waals surface area (Å²) < 4.78 is 19.1. The average Bonchev–Trinajstić information content (AvgIpc) is 2.58. The number of carbonyl (C=O) groups excluding carboxylic acids is 2. The number of rotatable bonds is 5. The highest BCUT2D eigenvalue weighted by atomic mass is 19.1. The van der Waals surface area contributed by atoms with Crippen LogP contribution < -0.4 is 15.8 Å². The summed E-state index contributed by atoms with van der Waals surface area (Å²) in [5, 5.41) is 10.8. The van der Waals surface area contributed by atoms with Gasteiger partial charge in [0.15, 0.2) is 0 Å². The van der Waals surface area contributed by atoms with Crippen molar-refractivity contribution >= 4 is 18.0 Å². The van der Waals surface area contributed by atoms with Gasteiger partial charge in [-0.25, -0.2) is 9.18 Å². The third-order valence-corrected chi connectivity index (χ3v) is 3.12. The molecule has 3 amide bonds. The highest BCUT2D eigenvalue weighted by Crippen LogP contribution is 2.18. The minimum atomic E-state index is -1.05. The molecule has 126 valence electrons. The van der Waals surface area contributed by atoms with Gasteiger partial charge in [-0.2, -0.15) is 5.26 Å². The summed E-state index contributed by atoms with van der Waals surface area (Å²) in [5.41, 5.74) is 5.47. The van der Waals surface area contributed by atoms with Crippen molar-refractivity contribution in [1.82, 2.24) is 5.32 Å². The van der Waals surface area contributed by atoms with Crippen LogP contribution in [0.2, 0.25) is 0 Å². The molecule has 0 fully saturated rings. The number of urea groups is 1. The summed E-state index contributed by atoms with van der Waals surface area (Å²) in [4.78, 5) is 22.3. The maximum atomic E-state index is 13.6. The third-order valence-electron chi connectivity index (χ3n) is 3.12. The summed E-state index contributed by atoms with van der Waals surface area (Å²) in [6, 6.07) is 13.4. The number of hydrogen-bond donors (Lipinski definition) is 2. The van der Waals surface area contributed by atoms with E-state index in [2.05, 4.69) is 0 Å². The van der Waals surface area contributed by atoms with Crippen molar-refractivity contribution < 1.29 is 18.7 Å². The zero-order valence-electron chi connectivity index (χ0n) is 13.0. The fourth-order valence-corrected chi connectivity index (χ4v) is 1.97. The van der Waals surface area contributed by atoms with Gasteiger partial charge in [0, 0.05) is 5.56 Å². The minimum Gasteiger partial charge on any atom is -0.489 e. The van der Waals surface area contributed by atoms with Gasteiger partial charge in [-0.3, -0.25) is 10.1 Å². The molecule has 0 atom stereocenters. The van der Waals surface area contributed by atoms with E-state index >= 15 is 0 Å². The predicted octanol–water partition coefficient (Wildman–Crippen LogP) is 2.51. The SMILES string of the molecule is N#C/C(=C/c1cccc(OCc2ccccc2F)c1)C(=O)NC(N)=O. The number of nitrogens with one attached hydrogen (secondary N) is 1. The number of halogens is 1. The first-order chi connectivity index (χ1) is 12.0. The summed E-state index contributed by atoms with van der Waals surface area (Å²) in [7, 11) is 0. The molecule has 0 bridgehead atoms. The molecule has 25 heavy (non-hydrogen) atoms. The number of hydrogen-bond acceptors (Lipinski definition) is 4. The molecule has 0 saturated heterocycles. The van der Waals surface area contributed by atoms with Gasteiger partial charge in [-0.05, 0) is 29.8 Å². The molecule has 0 unspecified atom stereocenters. The van der Waals surface area contributed by atoms with Crippen LogP contribution >= 0.6 is 0 Å². The molecule has 0 heterocycles. The number of nitrogens with zero attached hydrogens (tertiary/aromatic N) is 1. The number of nitriles is 1. The van der Waals surface area contributed by atoms with Gasteiger partial charge in [-0.15, -0.1) is 0 Å². The Morgan fingerprint density at radius 1 is 1.24 bits per heavy atom. The molecule has 0 aliphatic carbocycles. The molecular weight excluding hydrogens is 325 g/mol. The van der Waals surface area contributed by atoms with Crippen LogP contribution in [0, 0.1) is 17.1 Å². The van der Waals surface area contributed by atoms with Gasteiger partial charge in [0.05, 0.1) is 0 Å². The quantitative estimate of drug-likeness (QED) is 0.645. The van der Waals surface area contributed by atoms with Crippen LogP contribution in [0.15, 0.2) is 54.1 Å². The number of benzene rings is 2. The van der Waals surface area contributed by atoms with Crippen molar-refractivity contribution in [3.63, 3.8) is 0 Å². The minimum absolute atomic E-state index is 0.0348. The molecule has 0 spiro atoms. The Kier molecular flexibility index (Phi) is 5.85. The molecular formula is C18H14FN3O3. The van der Waals surface area contributed by atoms with Crippen LogP contribution in [0.5, 0.6) is 5.75 Å². The van der Waals surface area contributed by atoms with Crippen LogP contribution in [0.25, 0.3) is 6.08 Å². The van der Waals surface area contributed by atoms with Crippen molar-refractivity contribution in [3.8, 4) is 11.8 Å². The fraction of sp³-hybridized carbons (Fsp3) is 0.0556. The molecule has 0 radical (unpaired) electrons. The Morgan fingerprint density at radius 3 is 2.68 bits per heavy atom. The highest BCUT2D eigenvalue weighted by Gasteiger charge is 2.11. The van der Waals surface area contributed by atoms with Crippen LogP contribution in [0.3, 0.4) is 0 Å². The van der Waals surface area contributed by atoms with Crippen molar-refractivity contribution in [2.24, 2.45) is 5.73 Å².